The lowest BCUT2D eigenvalue weighted by atomic mass is 9.83. The van der Waals surface area contributed by atoms with Crippen molar-refractivity contribution in [2.75, 3.05) is 13.2 Å². The molecule has 10 heteroatoms. The van der Waals surface area contributed by atoms with Gasteiger partial charge in [-0.15, -0.1) is 10.2 Å². The lowest BCUT2D eigenvalue weighted by Gasteiger charge is -2.26. The van der Waals surface area contributed by atoms with Gasteiger partial charge < -0.3 is 9.47 Å². The normalized spacial score (nSPS) is 17.7. The summed E-state index contributed by atoms with van der Waals surface area (Å²) >= 11 is 0. The standard InChI is InChI=1S/C22H35N5O4Si/c1-6-30-22(28)18(17(15-7-8-15)16-9-10-16)20-23-24-21(19-14(2)25-31-26-19)27(20)13-29-11-12-32(3,4)5/h15-18H,6-13H2,1-5H3. The molecule has 32 heavy (non-hydrogen) atoms. The summed E-state index contributed by atoms with van der Waals surface area (Å²) in [5, 5.41) is 16.9. The van der Waals surface area contributed by atoms with E-state index in [1.165, 1.54) is 0 Å². The van der Waals surface area contributed by atoms with Crippen LogP contribution in [0.1, 0.15) is 50.0 Å². The number of aryl methyl sites for hydroxylation is 1. The van der Waals surface area contributed by atoms with Crippen LogP contribution in [-0.4, -0.2) is 52.3 Å². The van der Waals surface area contributed by atoms with Gasteiger partial charge in [0.05, 0.1) is 6.61 Å². The highest BCUT2D eigenvalue weighted by Gasteiger charge is 2.50. The Balaban J connectivity index is 1.69. The molecule has 0 spiro atoms. The van der Waals surface area contributed by atoms with E-state index < -0.39 is 14.0 Å². The number of nitrogens with zero attached hydrogens (tertiary/aromatic N) is 5. The van der Waals surface area contributed by atoms with E-state index >= 15 is 0 Å². The Bertz CT molecular complexity index is 917. The van der Waals surface area contributed by atoms with Gasteiger partial charge in [0, 0.05) is 14.7 Å². The second-order valence-corrected chi connectivity index (χ2v) is 16.0. The minimum atomic E-state index is -1.23. The molecular formula is C22H35N5O4Si. The summed E-state index contributed by atoms with van der Waals surface area (Å²) in [7, 11) is -1.23. The van der Waals surface area contributed by atoms with Gasteiger partial charge in [0.1, 0.15) is 24.2 Å². The number of esters is 1. The van der Waals surface area contributed by atoms with E-state index in [2.05, 4.69) is 40.2 Å². The molecule has 2 aliphatic rings. The molecule has 0 aliphatic heterocycles. The number of rotatable bonds is 12. The third kappa shape index (κ3) is 5.28. The molecule has 2 fully saturated rings. The van der Waals surface area contributed by atoms with Crippen LogP contribution in [-0.2, 0) is 21.0 Å². The predicted octanol–water partition coefficient (Wildman–Crippen LogP) is 4.03. The van der Waals surface area contributed by atoms with E-state index in [0.29, 0.717) is 48.1 Å². The number of carbonyl (C=O) groups is 1. The van der Waals surface area contributed by atoms with Crippen molar-refractivity contribution in [1.82, 2.24) is 25.1 Å². The van der Waals surface area contributed by atoms with E-state index in [0.717, 1.165) is 31.7 Å². The first-order valence-corrected chi connectivity index (χ1v) is 15.5. The zero-order chi connectivity index (χ0) is 22.9. The molecule has 4 rings (SSSR count). The summed E-state index contributed by atoms with van der Waals surface area (Å²) in [6, 6.07) is 1.05. The molecule has 2 aromatic rings. The molecule has 2 aliphatic carbocycles. The molecule has 0 aromatic carbocycles. The van der Waals surface area contributed by atoms with Crippen LogP contribution in [0.2, 0.25) is 25.7 Å². The first kappa shape index (κ1) is 23.1. The predicted molar refractivity (Wildman–Crippen MR) is 120 cm³/mol. The van der Waals surface area contributed by atoms with Gasteiger partial charge in [-0.05, 0) is 68.5 Å². The number of ether oxygens (including phenoxy) is 2. The maximum Gasteiger partial charge on any atom is 0.317 e. The molecule has 1 atom stereocenters. The fourth-order valence-electron chi connectivity index (χ4n) is 4.37. The van der Waals surface area contributed by atoms with Crippen LogP contribution in [0.15, 0.2) is 4.63 Å². The molecule has 0 bridgehead atoms. The van der Waals surface area contributed by atoms with Crippen LogP contribution in [0.3, 0.4) is 0 Å². The van der Waals surface area contributed by atoms with Crippen molar-refractivity contribution in [1.29, 1.82) is 0 Å². The fourth-order valence-corrected chi connectivity index (χ4v) is 5.13. The van der Waals surface area contributed by atoms with E-state index in [4.69, 9.17) is 14.1 Å². The molecule has 2 heterocycles. The van der Waals surface area contributed by atoms with Crippen molar-refractivity contribution in [3.8, 4) is 11.5 Å². The van der Waals surface area contributed by atoms with E-state index in [9.17, 15) is 4.79 Å². The van der Waals surface area contributed by atoms with E-state index in [1.54, 1.807) is 0 Å². The zero-order valence-corrected chi connectivity index (χ0v) is 20.8. The molecule has 0 N–H and O–H groups in total. The van der Waals surface area contributed by atoms with Crippen molar-refractivity contribution >= 4 is 14.0 Å². The minimum absolute atomic E-state index is 0.214. The summed E-state index contributed by atoms with van der Waals surface area (Å²) in [5.74, 6) is 1.81. The lowest BCUT2D eigenvalue weighted by molar-refractivity contribution is -0.147. The van der Waals surface area contributed by atoms with Crippen LogP contribution in [0.4, 0.5) is 0 Å². The SMILES string of the molecule is CCOC(=O)C(c1nnc(-c2nonc2C)n1COCC[Si](C)(C)C)C(C1CC1)C1CC1. The van der Waals surface area contributed by atoms with Gasteiger partial charge in [0.25, 0.3) is 0 Å². The highest BCUT2D eigenvalue weighted by Crippen LogP contribution is 2.55. The summed E-state index contributed by atoms with van der Waals surface area (Å²) < 4.78 is 18.4. The van der Waals surface area contributed by atoms with Crippen molar-refractivity contribution in [3.05, 3.63) is 11.5 Å². The van der Waals surface area contributed by atoms with E-state index in [-0.39, 0.29) is 18.6 Å². The Morgan fingerprint density at radius 3 is 2.38 bits per heavy atom. The van der Waals surface area contributed by atoms with Gasteiger partial charge in [-0.1, -0.05) is 24.8 Å². The Morgan fingerprint density at radius 2 is 1.84 bits per heavy atom. The molecule has 0 amide bonds. The number of hydrogen-bond donors (Lipinski definition) is 0. The second-order valence-electron chi connectivity index (χ2n) is 10.3. The summed E-state index contributed by atoms with van der Waals surface area (Å²) in [5.41, 5.74) is 1.15. The number of hydrogen-bond acceptors (Lipinski definition) is 8. The Kier molecular flexibility index (Phi) is 6.80. The monoisotopic (exact) mass is 461 g/mol. The van der Waals surface area contributed by atoms with Crippen LogP contribution in [0, 0.1) is 24.7 Å². The average molecular weight is 462 g/mol. The Labute approximate surface area is 190 Å². The van der Waals surface area contributed by atoms with Crippen molar-refractivity contribution in [3.63, 3.8) is 0 Å². The van der Waals surface area contributed by atoms with Gasteiger partial charge in [-0.3, -0.25) is 9.36 Å². The highest BCUT2D eigenvalue weighted by atomic mass is 28.3. The van der Waals surface area contributed by atoms with Crippen LogP contribution < -0.4 is 0 Å². The van der Waals surface area contributed by atoms with Gasteiger partial charge in [0.15, 0.2) is 11.5 Å². The van der Waals surface area contributed by atoms with Crippen molar-refractivity contribution in [2.24, 2.45) is 17.8 Å². The molecule has 9 nitrogen and oxygen atoms in total. The van der Waals surface area contributed by atoms with Gasteiger partial charge in [-0.25, -0.2) is 4.63 Å². The lowest BCUT2D eigenvalue weighted by Crippen LogP contribution is -2.30. The van der Waals surface area contributed by atoms with Gasteiger partial charge >= 0.3 is 5.97 Å². The summed E-state index contributed by atoms with van der Waals surface area (Å²) in [6.45, 7) is 11.9. The maximum absolute atomic E-state index is 13.2. The minimum Gasteiger partial charge on any atom is -0.465 e. The third-order valence-electron chi connectivity index (χ3n) is 6.40. The van der Waals surface area contributed by atoms with Crippen molar-refractivity contribution in [2.45, 2.75) is 77.9 Å². The molecule has 2 saturated carbocycles. The smallest absolute Gasteiger partial charge is 0.317 e. The van der Waals surface area contributed by atoms with Crippen LogP contribution in [0.25, 0.3) is 11.5 Å². The highest BCUT2D eigenvalue weighted by molar-refractivity contribution is 6.76. The Morgan fingerprint density at radius 1 is 1.16 bits per heavy atom. The molecule has 0 radical (unpaired) electrons. The summed E-state index contributed by atoms with van der Waals surface area (Å²) in [4.78, 5) is 13.2. The number of carbonyl (C=O) groups excluding carboxylic acids is 1. The zero-order valence-electron chi connectivity index (χ0n) is 19.8. The molecule has 0 saturated heterocycles. The molecule has 176 valence electrons. The second kappa shape index (κ2) is 9.42. The molecule has 1 unspecified atom stereocenters. The first-order valence-electron chi connectivity index (χ1n) is 11.8. The summed E-state index contributed by atoms with van der Waals surface area (Å²) in [6.07, 6.45) is 4.66. The quantitative estimate of drug-likeness (QED) is 0.265. The fraction of sp³-hybridized carbons (Fsp3) is 0.773. The molecular weight excluding hydrogens is 426 g/mol. The first-order chi connectivity index (χ1) is 15.3. The van der Waals surface area contributed by atoms with Crippen LogP contribution in [0.5, 0.6) is 0 Å². The molecule has 2 aromatic heterocycles. The van der Waals surface area contributed by atoms with Gasteiger partial charge in [-0.2, -0.15) is 0 Å². The number of aromatic nitrogens is 5. The Hall–Kier alpha value is -2.07. The largest absolute Gasteiger partial charge is 0.465 e. The third-order valence-corrected chi connectivity index (χ3v) is 8.10. The van der Waals surface area contributed by atoms with E-state index in [1.807, 2.05) is 18.4 Å². The van der Waals surface area contributed by atoms with Gasteiger partial charge in [0.2, 0.25) is 0 Å². The average Bonchev–Trinajstić information content (AvgIpc) is 3.65. The van der Waals surface area contributed by atoms with Crippen molar-refractivity contribution < 1.29 is 18.9 Å². The van der Waals surface area contributed by atoms with Crippen LogP contribution >= 0.6 is 0 Å². The maximum atomic E-state index is 13.2. The topological polar surface area (TPSA) is 105 Å².